The third-order valence-corrected chi connectivity index (χ3v) is 7.42. The minimum Gasteiger partial charge on any atom is -0.497 e. The zero-order chi connectivity index (χ0) is 25.2. The summed E-state index contributed by atoms with van der Waals surface area (Å²) in [6, 6.07) is 12.4. The van der Waals surface area contributed by atoms with Crippen LogP contribution in [0.5, 0.6) is 11.5 Å². The van der Waals surface area contributed by atoms with Gasteiger partial charge < -0.3 is 14.4 Å². The largest absolute Gasteiger partial charge is 0.497 e. The van der Waals surface area contributed by atoms with Crippen LogP contribution in [0.25, 0.3) is 0 Å². The zero-order valence-corrected chi connectivity index (χ0v) is 22.2. The molecular formula is C27H34N4O3S. The Kier molecular flexibility index (Phi) is 7.40. The molecule has 2 aromatic rings. The number of amides is 1. The molecule has 0 fully saturated rings. The van der Waals surface area contributed by atoms with Crippen molar-refractivity contribution in [2.45, 2.75) is 45.3 Å². The first-order valence-electron chi connectivity index (χ1n) is 12.1. The van der Waals surface area contributed by atoms with E-state index in [4.69, 9.17) is 19.6 Å². The minimum absolute atomic E-state index is 0.000701. The maximum Gasteiger partial charge on any atom is 0.302 e. The van der Waals surface area contributed by atoms with Crippen LogP contribution in [-0.2, 0) is 6.42 Å². The molecule has 0 saturated heterocycles. The van der Waals surface area contributed by atoms with E-state index in [-0.39, 0.29) is 5.24 Å². The Balaban J connectivity index is 1.76. The van der Waals surface area contributed by atoms with Gasteiger partial charge in [-0.05, 0) is 75.9 Å². The van der Waals surface area contributed by atoms with Crippen molar-refractivity contribution in [2.75, 3.05) is 38.8 Å². The number of anilines is 1. The highest BCUT2D eigenvalue weighted by Gasteiger charge is 2.37. The summed E-state index contributed by atoms with van der Waals surface area (Å²) in [5.41, 5.74) is 5.34. The van der Waals surface area contributed by atoms with Crippen LogP contribution in [0.1, 0.15) is 50.8 Å². The molecule has 4 rings (SSSR count). The second-order valence-corrected chi connectivity index (χ2v) is 10.6. The van der Waals surface area contributed by atoms with Gasteiger partial charge >= 0.3 is 5.24 Å². The second-order valence-electron chi connectivity index (χ2n) is 9.01. The quantitative estimate of drug-likeness (QED) is 0.387. The second kappa shape index (κ2) is 10.3. The van der Waals surface area contributed by atoms with Crippen molar-refractivity contribution in [1.29, 1.82) is 0 Å². The van der Waals surface area contributed by atoms with Gasteiger partial charge in [-0.2, -0.15) is 5.10 Å². The van der Waals surface area contributed by atoms with Crippen molar-refractivity contribution >= 4 is 34.2 Å². The van der Waals surface area contributed by atoms with Crippen LogP contribution in [0, 0.1) is 0 Å². The number of thioether (sulfide) groups is 1. The number of ether oxygens (including phenoxy) is 2. The molecule has 0 spiro atoms. The molecular weight excluding hydrogens is 460 g/mol. The van der Waals surface area contributed by atoms with E-state index in [9.17, 15) is 4.79 Å². The maximum absolute atomic E-state index is 12.4. The highest BCUT2D eigenvalue weighted by Crippen LogP contribution is 2.38. The summed E-state index contributed by atoms with van der Waals surface area (Å²) in [5.74, 6) is 2.38. The molecule has 2 aliphatic heterocycles. The van der Waals surface area contributed by atoms with Gasteiger partial charge in [-0.1, -0.05) is 17.8 Å². The smallest absolute Gasteiger partial charge is 0.302 e. The number of carbonyl (C=O) groups is 1. The molecule has 0 N–H and O–H groups in total. The number of hydrogen-bond donors (Lipinski definition) is 0. The summed E-state index contributed by atoms with van der Waals surface area (Å²) in [7, 11) is 3.33. The van der Waals surface area contributed by atoms with E-state index in [0.29, 0.717) is 13.1 Å². The van der Waals surface area contributed by atoms with Gasteiger partial charge in [-0.3, -0.25) is 9.79 Å². The lowest BCUT2D eigenvalue weighted by atomic mass is 9.93. The molecule has 0 atom stereocenters. The Labute approximate surface area is 212 Å². The van der Waals surface area contributed by atoms with Crippen LogP contribution in [-0.4, -0.2) is 60.4 Å². The van der Waals surface area contributed by atoms with Crippen LogP contribution in [0.15, 0.2) is 46.5 Å². The van der Waals surface area contributed by atoms with E-state index in [0.717, 1.165) is 59.2 Å². The molecule has 0 aromatic heterocycles. The standard InChI is InChI=1S/C27H34N4O3S/c1-7-28-25(21-13-12-20(33-5)17-23(21)34-6)30-15-9-10-18-16-19(11-14-22(18)30)24-27(3,4)35-26(32)31(8-2)29-24/h11-14,16-17H,7-10,15H2,1-6H3. The van der Waals surface area contributed by atoms with Crippen LogP contribution in [0.3, 0.4) is 0 Å². The van der Waals surface area contributed by atoms with Crippen molar-refractivity contribution < 1.29 is 14.3 Å². The van der Waals surface area contributed by atoms with Crippen LogP contribution >= 0.6 is 11.8 Å². The number of rotatable bonds is 6. The first-order chi connectivity index (χ1) is 16.8. The lowest BCUT2D eigenvalue weighted by Crippen LogP contribution is -2.41. The fourth-order valence-electron chi connectivity index (χ4n) is 4.62. The van der Waals surface area contributed by atoms with Gasteiger partial charge in [0, 0.05) is 31.4 Å². The molecule has 0 saturated carbocycles. The predicted molar refractivity (Wildman–Crippen MR) is 145 cm³/mol. The molecule has 8 heteroatoms. The van der Waals surface area contributed by atoms with Gasteiger partial charge in [0.25, 0.3) is 0 Å². The minimum atomic E-state index is -0.392. The van der Waals surface area contributed by atoms with E-state index >= 15 is 0 Å². The van der Waals surface area contributed by atoms with Crippen molar-refractivity contribution in [1.82, 2.24) is 5.01 Å². The third kappa shape index (κ3) is 4.89. The fraction of sp³-hybridized carbons (Fsp3) is 0.444. The number of hydrazone groups is 1. The van der Waals surface area contributed by atoms with Crippen molar-refractivity contribution in [3.05, 3.63) is 53.1 Å². The monoisotopic (exact) mass is 494 g/mol. The van der Waals surface area contributed by atoms with Gasteiger partial charge in [0.2, 0.25) is 0 Å². The maximum atomic E-state index is 12.4. The van der Waals surface area contributed by atoms with Crippen molar-refractivity contribution in [2.24, 2.45) is 10.1 Å². The van der Waals surface area contributed by atoms with Gasteiger partial charge in [0.1, 0.15) is 17.3 Å². The lowest BCUT2D eigenvalue weighted by Gasteiger charge is -2.35. The molecule has 2 aromatic carbocycles. The summed E-state index contributed by atoms with van der Waals surface area (Å²) >= 11 is 1.34. The van der Waals surface area contributed by atoms with E-state index in [2.05, 4.69) is 36.9 Å². The van der Waals surface area contributed by atoms with Gasteiger partial charge in [-0.15, -0.1) is 0 Å². The summed E-state index contributed by atoms with van der Waals surface area (Å²) < 4.78 is 10.7. The van der Waals surface area contributed by atoms with E-state index in [1.54, 1.807) is 19.2 Å². The molecule has 0 radical (unpaired) electrons. The summed E-state index contributed by atoms with van der Waals surface area (Å²) in [6.45, 7) is 10.2. The summed E-state index contributed by atoms with van der Waals surface area (Å²) in [6.07, 6.45) is 2.00. The lowest BCUT2D eigenvalue weighted by molar-refractivity contribution is 0.226. The average Bonchev–Trinajstić information content (AvgIpc) is 2.86. The predicted octanol–water partition coefficient (Wildman–Crippen LogP) is 5.59. The molecule has 186 valence electrons. The normalized spacial score (nSPS) is 17.7. The Hall–Kier alpha value is -3.00. The fourth-order valence-corrected chi connectivity index (χ4v) is 5.59. The number of aryl methyl sites for hydroxylation is 1. The number of hydrogen-bond acceptors (Lipinski definition) is 6. The number of benzene rings is 2. The van der Waals surface area contributed by atoms with Crippen molar-refractivity contribution in [3.63, 3.8) is 0 Å². The SMILES string of the molecule is CCN=C(c1ccc(OC)cc1OC)N1CCCc2cc(C3=NN(CC)C(=O)SC3(C)C)ccc21. The van der Waals surface area contributed by atoms with Crippen LogP contribution < -0.4 is 14.4 Å². The number of amidine groups is 1. The summed E-state index contributed by atoms with van der Waals surface area (Å²) in [4.78, 5) is 19.6. The Morgan fingerprint density at radius 1 is 1.14 bits per heavy atom. The molecule has 2 heterocycles. The highest BCUT2D eigenvalue weighted by molar-refractivity contribution is 8.15. The number of methoxy groups -OCH3 is 2. The van der Waals surface area contributed by atoms with Gasteiger partial charge in [0.15, 0.2) is 0 Å². The van der Waals surface area contributed by atoms with Crippen molar-refractivity contribution in [3.8, 4) is 11.5 Å². The number of carbonyl (C=O) groups excluding carboxylic acids is 1. The highest BCUT2D eigenvalue weighted by atomic mass is 32.2. The molecule has 1 amide bonds. The molecule has 35 heavy (non-hydrogen) atoms. The topological polar surface area (TPSA) is 66.7 Å². The number of nitrogens with zero attached hydrogens (tertiary/aromatic N) is 4. The molecule has 0 unspecified atom stereocenters. The first-order valence-corrected chi connectivity index (χ1v) is 12.9. The Bertz CT molecular complexity index is 1180. The third-order valence-electron chi connectivity index (χ3n) is 6.33. The molecule has 7 nitrogen and oxygen atoms in total. The van der Waals surface area contributed by atoms with E-state index in [1.807, 2.05) is 32.0 Å². The Morgan fingerprint density at radius 2 is 1.94 bits per heavy atom. The average molecular weight is 495 g/mol. The van der Waals surface area contributed by atoms with E-state index in [1.165, 1.54) is 17.3 Å². The van der Waals surface area contributed by atoms with Gasteiger partial charge in [0.05, 0.1) is 30.2 Å². The number of aliphatic imine (C=N–C) groups is 1. The first kappa shape index (κ1) is 25.1. The van der Waals surface area contributed by atoms with Gasteiger partial charge in [-0.25, -0.2) is 5.01 Å². The number of fused-ring (bicyclic) bond motifs is 1. The molecule has 0 bridgehead atoms. The van der Waals surface area contributed by atoms with E-state index < -0.39 is 4.75 Å². The molecule has 2 aliphatic rings. The van der Waals surface area contributed by atoms with Crippen LogP contribution in [0.4, 0.5) is 10.5 Å². The Morgan fingerprint density at radius 3 is 2.63 bits per heavy atom. The zero-order valence-electron chi connectivity index (χ0n) is 21.4. The summed E-state index contributed by atoms with van der Waals surface area (Å²) in [5, 5.41) is 6.29. The molecule has 0 aliphatic carbocycles. The van der Waals surface area contributed by atoms with Crippen LogP contribution in [0.2, 0.25) is 0 Å².